The van der Waals surface area contributed by atoms with Gasteiger partial charge < -0.3 is 43.7 Å². The molecule has 3 amide bonds. The van der Waals surface area contributed by atoms with Crippen molar-refractivity contribution in [1.82, 2.24) is 45.3 Å². The van der Waals surface area contributed by atoms with E-state index in [0.29, 0.717) is 106 Å². The van der Waals surface area contributed by atoms with E-state index in [9.17, 15) is 52.2 Å². The number of benzene rings is 3. The van der Waals surface area contributed by atoms with Crippen LogP contribution in [0.25, 0.3) is 11.3 Å². The number of methoxy groups -OCH3 is 2. The zero-order valence-electron chi connectivity index (χ0n) is 61.4. The Labute approximate surface area is 626 Å². The Balaban J connectivity index is 1.17. The molecule has 0 spiro atoms. The number of aliphatic carboxylic acids is 1. The highest BCUT2D eigenvalue weighted by Crippen LogP contribution is 2.48. The first-order valence-electron chi connectivity index (χ1n) is 35.0. The van der Waals surface area contributed by atoms with Crippen LogP contribution in [0, 0.1) is 53.1 Å². The van der Waals surface area contributed by atoms with Crippen molar-refractivity contribution in [1.29, 1.82) is 0 Å². The third-order valence-electron chi connectivity index (χ3n) is 20.6. The number of nitrogens with one attached hydrogen (secondary N) is 2. The molecule has 4 aliphatic heterocycles. The minimum absolute atomic E-state index is 0.0134. The number of aromatic nitrogens is 4. The number of carboxylic acid groups (broad SMARTS) is 1. The number of piperazine rings is 1. The number of halogens is 10. The molecule has 3 aromatic carbocycles. The number of Topliss-reactive ketones (excluding diaryl/α,β-unsaturated/α-hetero) is 1. The quantitative estimate of drug-likeness (QED) is 0.00712. The van der Waals surface area contributed by atoms with E-state index < -0.39 is 194 Å². The molecule has 2 aromatic heterocycles. The minimum atomic E-state index is -5.57. The van der Waals surface area contributed by atoms with Gasteiger partial charge in [-0.2, -0.15) is 40.2 Å². The van der Waals surface area contributed by atoms with Gasteiger partial charge >= 0.3 is 50.7 Å². The molecule has 4 fully saturated rings. The number of nitrogens with zero attached hydrogens (tertiary/aromatic N) is 8. The largest absolute Gasteiger partial charge is 0.524 e. The molecule has 26 nitrogen and oxygen atoms in total. The Morgan fingerprint density at radius 1 is 0.791 bits per heavy atom. The predicted octanol–water partition coefficient (Wildman–Crippen LogP) is 9.87. The van der Waals surface area contributed by atoms with Gasteiger partial charge in [0.05, 0.1) is 87.3 Å². The molecule has 598 valence electrons. The summed E-state index contributed by atoms with van der Waals surface area (Å²) < 4.78 is 192. The Morgan fingerprint density at radius 3 is 1.95 bits per heavy atom. The number of alkyl carbamates (subject to hydrolysis) is 1. The van der Waals surface area contributed by atoms with E-state index in [1.54, 1.807) is 12.4 Å². The van der Waals surface area contributed by atoms with Gasteiger partial charge in [-0.1, -0.05) is 57.7 Å². The van der Waals surface area contributed by atoms with Crippen LogP contribution in [0.2, 0.25) is 0 Å². The zero-order chi connectivity index (χ0) is 80.9. The summed E-state index contributed by atoms with van der Waals surface area (Å²) in [6, 6.07) is 7.71. The van der Waals surface area contributed by atoms with Crippen molar-refractivity contribution in [2.45, 2.75) is 173 Å². The van der Waals surface area contributed by atoms with E-state index in [2.05, 4.69) is 51.6 Å². The van der Waals surface area contributed by atoms with Gasteiger partial charge in [0.25, 0.3) is 0 Å². The molecule has 5 aromatic rings. The van der Waals surface area contributed by atoms with Crippen LogP contribution in [0.15, 0.2) is 73.2 Å². The number of carbonyl (C=O) groups excluding carboxylic acids is 6. The predicted molar refractivity (Wildman–Crippen MR) is 371 cm³/mol. The summed E-state index contributed by atoms with van der Waals surface area (Å²) in [6.45, 7) is 3.26. The summed E-state index contributed by atoms with van der Waals surface area (Å²) in [5.41, 5.74) is -7.21. The van der Waals surface area contributed by atoms with Gasteiger partial charge in [-0.15, -0.1) is 0 Å². The second-order valence-electron chi connectivity index (χ2n) is 29.6. The molecule has 0 saturated carbocycles. The molecule has 6 heterocycles. The highest BCUT2D eigenvalue weighted by atomic mass is 31.2. The molecule has 0 radical (unpaired) electrons. The van der Waals surface area contributed by atoms with Crippen molar-refractivity contribution in [3.05, 3.63) is 124 Å². The molecule has 4 saturated heterocycles. The van der Waals surface area contributed by atoms with Crippen LogP contribution in [-0.4, -0.2) is 193 Å². The average Bonchev–Trinajstić information content (AvgIpc) is 1.41. The van der Waals surface area contributed by atoms with Crippen LogP contribution in [-0.2, 0) is 77.1 Å². The van der Waals surface area contributed by atoms with E-state index in [4.69, 9.17) is 14.0 Å². The number of aryl methyl sites for hydroxylation is 1. The van der Waals surface area contributed by atoms with Gasteiger partial charge in [-0.3, -0.25) is 44.1 Å². The standard InChI is InChI=1S/C73H85F10N10O16P/c1-40-23-46(29-59(95)91-21-10-11-55(91)65(99)100)62(57(24-40)109-110(102,103)104)69(2,3)31-61(97)108-58(37-90(88-64(98)51(30-60(96)105-8)70(4,5)72(78,79)80)36-50-52(74)26-44(27-53(50)75)54-20-22-92(87-54)66(76)77)45(28-56(94)63(86-68(101)106-9)71(6,7)73(81,82)83)25-42-15-12-41(13-16-42)14-17-43-32-84-67(85-33-43)89-34-47-18-19-48(35-89)93(47)49-38-107-39-49/h12-13,15-16,20,22-24,26-27,32-33,45,47-49,51,55,58,63,66H,10-11,18-19,21,25,28-31,34-39H2,1-9H3,(H,86,101)(H,88,98)(H,99,100)(H2,102,103,104)/t45-,47?,48?,51-,55-,58+,63-/m1/s1. The maximum absolute atomic E-state index is 16.9. The van der Waals surface area contributed by atoms with Crippen LogP contribution in [0.4, 0.5) is 54.6 Å². The number of ketones is 1. The third-order valence-corrected chi connectivity index (χ3v) is 21.0. The smallest absolute Gasteiger partial charge is 0.480 e. The number of phosphoric ester groups is 1. The van der Waals surface area contributed by atoms with Gasteiger partial charge in [0, 0.05) is 96.9 Å². The van der Waals surface area contributed by atoms with Crippen LogP contribution < -0.4 is 20.2 Å². The number of fused-ring (bicyclic) bond motifs is 2. The molecular weight excluding hydrogens is 1490 g/mol. The molecule has 0 aliphatic carbocycles. The number of ether oxygens (including phenoxy) is 4. The van der Waals surface area contributed by atoms with E-state index in [1.165, 1.54) is 51.1 Å². The summed E-state index contributed by atoms with van der Waals surface area (Å²) in [4.78, 5) is 134. The van der Waals surface area contributed by atoms with Crippen LogP contribution in [0.3, 0.4) is 0 Å². The first-order chi connectivity index (χ1) is 51.4. The van der Waals surface area contributed by atoms with Gasteiger partial charge in [0.2, 0.25) is 17.8 Å². The number of hydrogen-bond donors (Lipinski definition) is 5. The third kappa shape index (κ3) is 20.3. The second kappa shape index (κ2) is 34.1. The van der Waals surface area contributed by atoms with Gasteiger partial charge in [-0.05, 0) is 106 Å². The fourth-order valence-electron chi connectivity index (χ4n) is 14.4. The molecule has 37 heteroatoms. The first-order valence-corrected chi connectivity index (χ1v) is 36.5. The highest BCUT2D eigenvalue weighted by Gasteiger charge is 2.58. The number of likely N-dealkylation sites (tertiary alicyclic amines) is 1. The fraction of sp³-hybridized carbons (Fsp3) is 0.534. The summed E-state index contributed by atoms with van der Waals surface area (Å²) in [6.07, 6.45) is -12.9. The van der Waals surface area contributed by atoms with E-state index in [-0.39, 0.29) is 46.3 Å². The molecule has 4 aliphatic rings. The Morgan fingerprint density at radius 2 is 1.41 bits per heavy atom. The molecular formula is C73H85F10N10O16P. The lowest BCUT2D eigenvalue weighted by Crippen LogP contribution is -2.62. The maximum atomic E-state index is 16.9. The maximum Gasteiger partial charge on any atom is 0.524 e. The van der Waals surface area contributed by atoms with Crippen molar-refractivity contribution >= 4 is 55.4 Å². The number of carboxylic acids is 1. The van der Waals surface area contributed by atoms with Crippen LogP contribution in [0.5, 0.6) is 5.75 Å². The molecule has 2 bridgehead atoms. The van der Waals surface area contributed by atoms with Crippen molar-refractivity contribution in [2.24, 2.45) is 22.7 Å². The van der Waals surface area contributed by atoms with Gasteiger partial charge in [0.1, 0.15) is 35.6 Å². The number of hydrogen-bond acceptors (Lipinski definition) is 19. The lowest BCUT2D eigenvalue weighted by atomic mass is 9.75. The topological polar surface area (TPSA) is 324 Å². The summed E-state index contributed by atoms with van der Waals surface area (Å²) in [7, 11) is -4.00. The van der Waals surface area contributed by atoms with E-state index in [1.807, 2.05) is 5.32 Å². The number of hydrazine groups is 1. The normalized spacial score (nSPS) is 18.4. The van der Waals surface area contributed by atoms with Gasteiger partial charge in [0.15, 0.2) is 5.78 Å². The monoisotopic (exact) mass is 1580 g/mol. The van der Waals surface area contributed by atoms with E-state index >= 15 is 44.7 Å². The number of carbonyl (C=O) groups is 7. The summed E-state index contributed by atoms with van der Waals surface area (Å²) in [5, 5.41) is 16.1. The first kappa shape index (κ1) is 84.7. The number of anilines is 1. The molecule has 7 atom stereocenters. The molecule has 5 N–H and O–H groups in total. The van der Waals surface area contributed by atoms with Crippen molar-refractivity contribution in [3.8, 4) is 28.8 Å². The van der Waals surface area contributed by atoms with Gasteiger partial charge in [-0.25, -0.2) is 42.6 Å². The van der Waals surface area contributed by atoms with Crippen LogP contribution >= 0.6 is 7.82 Å². The molecule has 110 heavy (non-hydrogen) atoms. The highest BCUT2D eigenvalue weighted by molar-refractivity contribution is 7.46. The van der Waals surface area contributed by atoms with Crippen molar-refractivity contribution < 1.29 is 120 Å². The lowest BCUT2D eigenvalue weighted by molar-refractivity contribution is -0.231. The Bertz CT molecular complexity index is 4300. The van der Waals surface area contributed by atoms with E-state index in [0.717, 1.165) is 50.3 Å². The fourth-order valence-corrected chi connectivity index (χ4v) is 14.8. The Kier molecular flexibility index (Phi) is 26.3. The second-order valence-corrected chi connectivity index (χ2v) is 30.7. The van der Waals surface area contributed by atoms with Crippen LogP contribution in [0.1, 0.15) is 132 Å². The number of esters is 2. The summed E-state index contributed by atoms with van der Waals surface area (Å²) in [5.74, 6) is -9.60. The summed E-state index contributed by atoms with van der Waals surface area (Å²) >= 11 is 0. The minimum Gasteiger partial charge on any atom is -0.480 e. The number of phosphoric acid groups is 1. The molecule has 9 rings (SSSR count). The lowest BCUT2D eigenvalue weighted by Gasteiger charge is -2.47. The number of amides is 3. The molecule has 2 unspecified atom stereocenters. The average molecular weight is 1580 g/mol. The number of rotatable bonds is 30. The van der Waals surface area contributed by atoms with Crippen molar-refractivity contribution in [2.75, 3.05) is 58.5 Å². The Hall–Kier alpha value is -9.27. The van der Waals surface area contributed by atoms with Crippen molar-refractivity contribution in [3.63, 3.8) is 0 Å². The number of alkyl halides is 8. The SMILES string of the molecule is COC(=O)C[C@H](C(=O)NN(Cc1c(F)cc(-c2ccn(C(F)F)n2)cc1F)C[C@H](OC(=O)CC(C)(C)c1c(CC(=O)N2CCC[C@@H]2C(=O)O)cc(C)cc1OP(=O)(O)O)[C@@H](CC(=O)[C@@H](NC(=O)OC)C(C)(C)C(F)(F)F)Cc1ccc(C#Cc2cnc(N3CC4CCC(C3)N4C3COC3)nc2)cc1)C(C)(C)C(F)(F)F. The zero-order valence-corrected chi connectivity index (χ0v) is 62.3.